The SMILES string of the molecule is CC1=C[C@H](C)[C@@]2(CO)CO[C@H](CCc3ccccc3)[C@H]1[C@@H]2C. The molecule has 0 spiro atoms. The van der Waals surface area contributed by atoms with Crippen molar-refractivity contribution in [3.05, 3.63) is 47.5 Å². The molecule has 2 aliphatic rings. The fourth-order valence-electron chi connectivity index (χ4n) is 4.63. The van der Waals surface area contributed by atoms with Crippen LogP contribution in [0.1, 0.15) is 32.8 Å². The van der Waals surface area contributed by atoms with Gasteiger partial charge in [-0.15, -0.1) is 0 Å². The molecule has 3 rings (SSSR count). The van der Waals surface area contributed by atoms with E-state index in [4.69, 9.17) is 4.74 Å². The average Bonchev–Trinajstić information content (AvgIpc) is 2.52. The Balaban J connectivity index is 1.77. The molecule has 1 aromatic rings. The number of allylic oxidation sites excluding steroid dienone is 1. The highest BCUT2D eigenvalue weighted by molar-refractivity contribution is 5.21. The predicted octanol–water partition coefficient (Wildman–Crippen LogP) is 3.85. The van der Waals surface area contributed by atoms with E-state index in [0.717, 1.165) is 12.8 Å². The fourth-order valence-corrected chi connectivity index (χ4v) is 4.63. The summed E-state index contributed by atoms with van der Waals surface area (Å²) in [4.78, 5) is 0. The molecule has 1 fully saturated rings. The van der Waals surface area contributed by atoms with Gasteiger partial charge in [0.25, 0.3) is 0 Å². The summed E-state index contributed by atoms with van der Waals surface area (Å²) in [6.45, 7) is 7.68. The summed E-state index contributed by atoms with van der Waals surface area (Å²) in [5.41, 5.74) is 2.73. The fraction of sp³-hybridized carbons (Fsp3) is 0.600. The first kappa shape index (κ1) is 15.8. The van der Waals surface area contributed by atoms with Crippen molar-refractivity contribution in [2.45, 2.75) is 39.7 Å². The Labute approximate surface area is 134 Å². The van der Waals surface area contributed by atoms with Crippen molar-refractivity contribution in [2.75, 3.05) is 13.2 Å². The number of aliphatic hydroxyl groups excluding tert-OH is 1. The van der Waals surface area contributed by atoms with Crippen LogP contribution in [0.5, 0.6) is 0 Å². The minimum atomic E-state index is -0.0899. The Morgan fingerprint density at radius 2 is 1.95 bits per heavy atom. The Morgan fingerprint density at radius 3 is 2.64 bits per heavy atom. The maximum absolute atomic E-state index is 10.0. The van der Waals surface area contributed by atoms with Gasteiger partial charge in [0.15, 0.2) is 0 Å². The molecule has 5 atom stereocenters. The number of fused-ring (bicyclic) bond motifs is 2. The molecule has 22 heavy (non-hydrogen) atoms. The van der Waals surface area contributed by atoms with Gasteiger partial charge in [0, 0.05) is 11.3 Å². The van der Waals surface area contributed by atoms with Crippen molar-refractivity contribution in [3.8, 4) is 0 Å². The number of aliphatic hydroxyl groups is 1. The van der Waals surface area contributed by atoms with Crippen molar-refractivity contribution >= 4 is 0 Å². The number of rotatable bonds is 4. The summed E-state index contributed by atoms with van der Waals surface area (Å²) < 4.78 is 6.27. The lowest BCUT2D eigenvalue weighted by molar-refractivity contribution is -0.164. The second kappa shape index (κ2) is 6.17. The number of hydrogen-bond acceptors (Lipinski definition) is 2. The Kier molecular flexibility index (Phi) is 4.42. The van der Waals surface area contributed by atoms with Crippen LogP contribution in [-0.4, -0.2) is 24.4 Å². The van der Waals surface area contributed by atoms with E-state index in [2.05, 4.69) is 57.2 Å². The molecule has 1 heterocycles. The number of benzene rings is 1. The van der Waals surface area contributed by atoms with Crippen LogP contribution in [0.15, 0.2) is 42.0 Å². The molecule has 0 saturated carbocycles. The highest BCUT2D eigenvalue weighted by atomic mass is 16.5. The molecule has 2 heteroatoms. The van der Waals surface area contributed by atoms with E-state index in [1.807, 2.05) is 0 Å². The first-order valence-electron chi connectivity index (χ1n) is 8.53. The Bertz CT molecular complexity index is 536. The third kappa shape index (κ3) is 2.53. The monoisotopic (exact) mass is 300 g/mol. The number of aryl methyl sites for hydroxylation is 1. The normalized spacial score (nSPS) is 37.7. The third-order valence-electron chi connectivity index (χ3n) is 6.21. The molecule has 0 aromatic heterocycles. The molecule has 1 N–H and O–H groups in total. The smallest absolute Gasteiger partial charge is 0.0646 e. The van der Waals surface area contributed by atoms with Gasteiger partial charge in [-0.1, -0.05) is 55.8 Å². The van der Waals surface area contributed by atoms with E-state index in [-0.39, 0.29) is 18.1 Å². The molecule has 0 radical (unpaired) electrons. The quantitative estimate of drug-likeness (QED) is 0.856. The third-order valence-corrected chi connectivity index (χ3v) is 6.21. The van der Waals surface area contributed by atoms with Crippen LogP contribution in [0.4, 0.5) is 0 Å². The molecule has 0 amide bonds. The largest absolute Gasteiger partial charge is 0.396 e. The van der Waals surface area contributed by atoms with Gasteiger partial charge in [-0.05, 0) is 37.2 Å². The van der Waals surface area contributed by atoms with Crippen LogP contribution in [0.3, 0.4) is 0 Å². The van der Waals surface area contributed by atoms with Gasteiger partial charge >= 0.3 is 0 Å². The molecule has 0 unspecified atom stereocenters. The number of ether oxygens (including phenoxy) is 1. The molecular formula is C20H28O2. The van der Waals surface area contributed by atoms with Crippen LogP contribution in [0, 0.1) is 23.2 Å². The lowest BCUT2D eigenvalue weighted by atomic mass is 9.56. The van der Waals surface area contributed by atoms with Gasteiger partial charge in [-0.2, -0.15) is 0 Å². The zero-order valence-corrected chi connectivity index (χ0v) is 14.0. The summed E-state index contributed by atoms with van der Waals surface area (Å²) in [6.07, 6.45) is 4.77. The van der Waals surface area contributed by atoms with Gasteiger partial charge in [-0.25, -0.2) is 0 Å². The molecule has 120 valence electrons. The Morgan fingerprint density at radius 1 is 1.23 bits per heavy atom. The van der Waals surface area contributed by atoms with E-state index in [0.29, 0.717) is 24.4 Å². The second-order valence-corrected chi connectivity index (χ2v) is 7.28. The zero-order valence-electron chi connectivity index (χ0n) is 14.0. The highest BCUT2D eigenvalue weighted by Crippen LogP contribution is 2.52. The maximum Gasteiger partial charge on any atom is 0.0646 e. The zero-order chi connectivity index (χ0) is 15.7. The summed E-state index contributed by atoms with van der Waals surface area (Å²) >= 11 is 0. The van der Waals surface area contributed by atoms with E-state index in [9.17, 15) is 5.11 Å². The van der Waals surface area contributed by atoms with Crippen molar-refractivity contribution < 1.29 is 9.84 Å². The summed E-state index contributed by atoms with van der Waals surface area (Å²) in [5.74, 6) is 1.31. The lowest BCUT2D eigenvalue weighted by Crippen LogP contribution is -2.56. The van der Waals surface area contributed by atoms with Gasteiger partial charge in [-0.3, -0.25) is 0 Å². The first-order chi connectivity index (χ1) is 10.6. The molecule has 1 saturated heterocycles. The average molecular weight is 300 g/mol. The lowest BCUT2D eigenvalue weighted by Gasteiger charge is -2.55. The maximum atomic E-state index is 10.0. The molecule has 1 aliphatic heterocycles. The standard InChI is InChI=1S/C20H28O2/c1-14-11-15(2)20(12-21)13-22-18(19(14)16(20)3)10-9-17-7-5-4-6-8-17/h4-8,11,15-16,18-19,21H,9-10,12-13H2,1-3H3/t15-,16-,18+,19+,20+/m0/s1. The van der Waals surface area contributed by atoms with Crippen LogP contribution in [0.2, 0.25) is 0 Å². The molecule has 1 aliphatic carbocycles. The summed E-state index contributed by atoms with van der Waals surface area (Å²) in [6, 6.07) is 10.6. The van der Waals surface area contributed by atoms with E-state index in [1.165, 1.54) is 11.1 Å². The molecule has 2 bridgehead atoms. The molecule has 2 nitrogen and oxygen atoms in total. The van der Waals surface area contributed by atoms with Crippen LogP contribution in [-0.2, 0) is 11.2 Å². The van der Waals surface area contributed by atoms with Gasteiger partial charge in [0.2, 0.25) is 0 Å². The summed E-state index contributed by atoms with van der Waals surface area (Å²) in [5, 5.41) is 10.0. The van der Waals surface area contributed by atoms with Gasteiger partial charge < -0.3 is 9.84 Å². The van der Waals surface area contributed by atoms with Crippen molar-refractivity contribution in [1.29, 1.82) is 0 Å². The van der Waals surface area contributed by atoms with E-state index in [1.54, 1.807) is 0 Å². The van der Waals surface area contributed by atoms with E-state index >= 15 is 0 Å². The minimum absolute atomic E-state index is 0.0899. The Hall–Kier alpha value is -1.12. The predicted molar refractivity (Wildman–Crippen MR) is 89.6 cm³/mol. The van der Waals surface area contributed by atoms with Crippen LogP contribution < -0.4 is 0 Å². The van der Waals surface area contributed by atoms with Crippen molar-refractivity contribution in [1.82, 2.24) is 0 Å². The van der Waals surface area contributed by atoms with Gasteiger partial charge in [0.05, 0.1) is 19.3 Å². The number of hydrogen-bond donors (Lipinski definition) is 1. The molecule has 1 aromatic carbocycles. The van der Waals surface area contributed by atoms with Crippen LogP contribution >= 0.6 is 0 Å². The first-order valence-corrected chi connectivity index (χ1v) is 8.53. The van der Waals surface area contributed by atoms with Crippen molar-refractivity contribution in [3.63, 3.8) is 0 Å². The topological polar surface area (TPSA) is 29.5 Å². The van der Waals surface area contributed by atoms with Gasteiger partial charge in [0.1, 0.15) is 0 Å². The molecular weight excluding hydrogens is 272 g/mol. The highest BCUT2D eigenvalue weighted by Gasteiger charge is 2.52. The van der Waals surface area contributed by atoms with Crippen molar-refractivity contribution in [2.24, 2.45) is 23.2 Å². The minimum Gasteiger partial charge on any atom is -0.396 e. The van der Waals surface area contributed by atoms with E-state index < -0.39 is 0 Å². The summed E-state index contributed by atoms with van der Waals surface area (Å²) in [7, 11) is 0. The second-order valence-electron chi connectivity index (χ2n) is 7.28. The van der Waals surface area contributed by atoms with Crippen LogP contribution in [0.25, 0.3) is 0 Å².